The maximum absolute atomic E-state index is 13.4. The highest BCUT2D eigenvalue weighted by molar-refractivity contribution is 7.99. The van der Waals surface area contributed by atoms with E-state index in [1.807, 2.05) is 0 Å². The fourth-order valence-electron chi connectivity index (χ4n) is 5.17. The van der Waals surface area contributed by atoms with Gasteiger partial charge < -0.3 is 21.3 Å². The largest absolute Gasteiger partial charge is 0.364 e. The summed E-state index contributed by atoms with van der Waals surface area (Å²) in [6.07, 6.45) is 1.53. The van der Waals surface area contributed by atoms with Crippen molar-refractivity contribution < 1.29 is 23.6 Å². The Bertz CT molecular complexity index is 1200. The van der Waals surface area contributed by atoms with Gasteiger partial charge in [0.05, 0.1) is 6.04 Å². The average Bonchev–Trinajstić information content (AvgIpc) is 3.47. The average molecular weight is 502 g/mol. The van der Waals surface area contributed by atoms with Crippen molar-refractivity contribution in [3.63, 3.8) is 0 Å². The molecule has 4 heterocycles. The number of hydrogen-bond donors (Lipinski definition) is 2. The molecular formula is C22H24FN7O4S. The van der Waals surface area contributed by atoms with Gasteiger partial charge >= 0.3 is 0 Å². The summed E-state index contributed by atoms with van der Waals surface area (Å²) < 4.78 is 14.4. The number of halogens is 1. The summed E-state index contributed by atoms with van der Waals surface area (Å²) in [5, 5.41) is 7.75. The van der Waals surface area contributed by atoms with E-state index in [-0.39, 0.29) is 47.2 Å². The van der Waals surface area contributed by atoms with E-state index >= 15 is 0 Å². The molecule has 0 aliphatic carbocycles. The Kier molecular flexibility index (Phi) is 5.95. The van der Waals surface area contributed by atoms with Crippen LogP contribution in [0.15, 0.2) is 24.3 Å². The van der Waals surface area contributed by atoms with Gasteiger partial charge in [0.2, 0.25) is 11.8 Å². The summed E-state index contributed by atoms with van der Waals surface area (Å²) in [5.41, 5.74) is 11.2. The first-order valence-electron chi connectivity index (χ1n) is 11.3. The molecule has 0 radical (unpaired) electrons. The normalized spacial score (nSPS) is 26.0. The summed E-state index contributed by atoms with van der Waals surface area (Å²) >= 11 is 1.70. The first-order valence-corrected chi connectivity index (χ1v) is 12.3. The van der Waals surface area contributed by atoms with E-state index < -0.39 is 29.9 Å². The van der Waals surface area contributed by atoms with Gasteiger partial charge in [-0.1, -0.05) is 17.3 Å². The number of primary amides is 2. The van der Waals surface area contributed by atoms with Crippen LogP contribution in [0, 0.1) is 5.82 Å². The smallest absolute Gasteiger partial charge is 0.271 e. The number of hydrogen-bond acceptors (Lipinski definition) is 7. The number of nitrogens with two attached hydrogens (primary N) is 2. The second-order valence-corrected chi connectivity index (χ2v) is 10.3. The molecule has 3 saturated heterocycles. The van der Waals surface area contributed by atoms with Crippen molar-refractivity contribution in [2.45, 2.75) is 48.4 Å². The maximum Gasteiger partial charge on any atom is 0.271 e. The molecule has 4 N–H and O–H groups in total. The first kappa shape index (κ1) is 23.3. The lowest BCUT2D eigenvalue weighted by Crippen LogP contribution is -2.65. The molecule has 0 bridgehead atoms. The van der Waals surface area contributed by atoms with Crippen LogP contribution in [0.1, 0.15) is 51.8 Å². The van der Waals surface area contributed by atoms with Crippen LogP contribution >= 0.6 is 11.8 Å². The standard InChI is InChI=1S/C22H24FN7O4S/c23-12-3-1-11(2-4-12)10-35-14-5-6-28-16(8-14)22(34)29-9-13(7-15(29)21(28)33)30-18(20(25)32)17(19(24)31)26-27-30/h1-4,13-16H,5-10H2,(H2,24,31)(H2,25,32). The molecular weight excluding hydrogens is 477 g/mol. The minimum absolute atomic E-state index is 0.130. The van der Waals surface area contributed by atoms with E-state index in [4.69, 9.17) is 11.5 Å². The molecule has 4 amide bonds. The number of amides is 4. The highest BCUT2D eigenvalue weighted by Gasteiger charge is 2.52. The molecule has 1 aromatic carbocycles. The predicted octanol–water partition coefficient (Wildman–Crippen LogP) is 0.0636. The SMILES string of the molecule is NC(=O)c1nnn(C2CC3C(=O)N4CCC(SCc5ccc(F)cc5)CC4C(=O)N3C2)c1C(N)=O. The van der Waals surface area contributed by atoms with E-state index in [1.165, 1.54) is 21.7 Å². The lowest BCUT2D eigenvalue weighted by atomic mass is 9.95. The molecule has 0 saturated carbocycles. The minimum atomic E-state index is -0.936. The Balaban J connectivity index is 1.30. The predicted molar refractivity (Wildman–Crippen MR) is 122 cm³/mol. The summed E-state index contributed by atoms with van der Waals surface area (Å²) in [5.74, 6) is -1.70. The van der Waals surface area contributed by atoms with Crippen molar-refractivity contribution in [1.82, 2.24) is 24.8 Å². The van der Waals surface area contributed by atoms with Crippen molar-refractivity contribution >= 4 is 35.4 Å². The van der Waals surface area contributed by atoms with Crippen LogP contribution in [0.25, 0.3) is 0 Å². The highest BCUT2D eigenvalue weighted by atomic mass is 32.2. The van der Waals surface area contributed by atoms with E-state index in [1.54, 1.807) is 28.8 Å². The lowest BCUT2D eigenvalue weighted by molar-refractivity contribution is -0.161. The van der Waals surface area contributed by atoms with E-state index in [0.717, 1.165) is 12.0 Å². The molecule has 4 atom stereocenters. The van der Waals surface area contributed by atoms with Crippen molar-refractivity contribution in [3.8, 4) is 0 Å². The van der Waals surface area contributed by atoms with E-state index in [9.17, 15) is 23.6 Å². The summed E-state index contributed by atoms with van der Waals surface area (Å²) in [4.78, 5) is 53.5. The maximum atomic E-state index is 13.4. The second kappa shape index (κ2) is 8.95. The minimum Gasteiger partial charge on any atom is -0.364 e. The first-order chi connectivity index (χ1) is 16.7. The number of piperazine rings is 1. The monoisotopic (exact) mass is 501 g/mol. The number of benzene rings is 1. The third kappa shape index (κ3) is 4.13. The Morgan fingerprint density at radius 1 is 1.03 bits per heavy atom. The number of thioether (sulfide) groups is 1. The molecule has 4 unspecified atom stereocenters. The zero-order valence-corrected chi connectivity index (χ0v) is 19.5. The van der Waals surface area contributed by atoms with E-state index in [0.29, 0.717) is 18.7 Å². The van der Waals surface area contributed by atoms with Crippen molar-refractivity contribution in [2.24, 2.45) is 11.5 Å². The Morgan fingerprint density at radius 3 is 2.40 bits per heavy atom. The van der Waals surface area contributed by atoms with Crippen LogP contribution in [0.5, 0.6) is 0 Å². The third-order valence-corrected chi connectivity index (χ3v) is 8.28. The molecule has 5 rings (SSSR count). The van der Waals surface area contributed by atoms with Gasteiger partial charge in [-0.3, -0.25) is 19.2 Å². The lowest BCUT2D eigenvalue weighted by Gasteiger charge is -2.46. The zero-order chi connectivity index (χ0) is 24.9. The number of fused-ring (bicyclic) bond motifs is 2. The Labute approximate surface area is 204 Å². The molecule has 3 aliphatic rings. The molecule has 11 nitrogen and oxygen atoms in total. The number of aromatic nitrogens is 3. The summed E-state index contributed by atoms with van der Waals surface area (Å²) in [6.45, 7) is 0.627. The fourth-order valence-corrected chi connectivity index (χ4v) is 6.38. The summed E-state index contributed by atoms with van der Waals surface area (Å²) in [7, 11) is 0. The number of carbonyl (C=O) groups excluding carboxylic acids is 4. The van der Waals surface area contributed by atoms with Crippen molar-refractivity contribution in [3.05, 3.63) is 47.0 Å². The van der Waals surface area contributed by atoms with Crippen LogP contribution in [-0.2, 0) is 15.3 Å². The molecule has 1 aromatic heterocycles. The molecule has 13 heteroatoms. The number of carbonyl (C=O) groups is 4. The summed E-state index contributed by atoms with van der Waals surface area (Å²) in [6, 6.07) is 4.58. The van der Waals surface area contributed by atoms with Crippen molar-refractivity contribution in [1.29, 1.82) is 0 Å². The third-order valence-electron chi connectivity index (χ3n) is 6.88. The van der Waals surface area contributed by atoms with Gasteiger partial charge in [-0.25, -0.2) is 9.07 Å². The fraction of sp³-hybridized carbons (Fsp3) is 0.455. The van der Waals surface area contributed by atoms with Gasteiger partial charge in [-0.2, -0.15) is 11.8 Å². The van der Waals surface area contributed by atoms with E-state index in [2.05, 4.69) is 10.3 Å². The van der Waals surface area contributed by atoms with Gasteiger partial charge in [-0.05, 0) is 30.5 Å². The number of piperidine rings is 1. The van der Waals surface area contributed by atoms with Gasteiger partial charge in [0.25, 0.3) is 11.8 Å². The van der Waals surface area contributed by atoms with Crippen LogP contribution < -0.4 is 11.5 Å². The van der Waals surface area contributed by atoms with Gasteiger partial charge in [0, 0.05) is 30.5 Å². The Morgan fingerprint density at radius 2 is 1.71 bits per heavy atom. The topological polar surface area (TPSA) is 158 Å². The molecule has 184 valence electrons. The van der Waals surface area contributed by atoms with Gasteiger partial charge in [-0.15, -0.1) is 5.10 Å². The number of nitrogens with zero attached hydrogens (tertiary/aromatic N) is 5. The van der Waals surface area contributed by atoms with Crippen LogP contribution in [0.3, 0.4) is 0 Å². The highest BCUT2D eigenvalue weighted by Crippen LogP contribution is 2.38. The van der Waals surface area contributed by atoms with Gasteiger partial charge in [0.1, 0.15) is 17.9 Å². The van der Waals surface area contributed by atoms with Gasteiger partial charge in [0.15, 0.2) is 11.4 Å². The molecule has 3 fully saturated rings. The van der Waals surface area contributed by atoms with Crippen LogP contribution in [-0.4, -0.2) is 78.8 Å². The van der Waals surface area contributed by atoms with Crippen LogP contribution in [0.2, 0.25) is 0 Å². The molecule has 2 aromatic rings. The second-order valence-electron chi connectivity index (χ2n) is 8.99. The molecule has 35 heavy (non-hydrogen) atoms. The van der Waals surface area contributed by atoms with Crippen molar-refractivity contribution in [2.75, 3.05) is 13.1 Å². The van der Waals surface area contributed by atoms with Crippen LogP contribution in [0.4, 0.5) is 4.39 Å². The zero-order valence-electron chi connectivity index (χ0n) is 18.7. The Hall–Kier alpha value is -3.48. The molecule has 3 aliphatic heterocycles. The quantitative estimate of drug-likeness (QED) is 0.567. The molecule has 0 spiro atoms. The number of rotatable bonds is 6.